The second kappa shape index (κ2) is 6.49. The van der Waals surface area contributed by atoms with Crippen molar-refractivity contribution in [3.05, 3.63) is 35.4 Å². The van der Waals surface area contributed by atoms with Crippen molar-refractivity contribution < 1.29 is 9.21 Å². The van der Waals surface area contributed by atoms with E-state index in [4.69, 9.17) is 15.1 Å². The fourth-order valence-electron chi connectivity index (χ4n) is 3.74. The monoisotopic (exact) mass is 367 g/mol. The number of likely N-dealkylation sites (tertiary alicyclic amines) is 1. The van der Waals surface area contributed by atoms with Gasteiger partial charge in [0.25, 0.3) is 5.91 Å². The normalized spacial score (nSPS) is 17.4. The van der Waals surface area contributed by atoms with Crippen molar-refractivity contribution in [3.63, 3.8) is 0 Å². The first-order valence-corrected chi connectivity index (χ1v) is 9.35. The van der Waals surface area contributed by atoms with Crippen LogP contribution in [0.25, 0.3) is 22.3 Å². The van der Waals surface area contributed by atoms with Crippen LogP contribution in [0.1, 0.15) is 48.2 Å². The van der Waals surface area contributed by atoms with Crippen molar-refractivity contribution in [3.8, 4) is 11.3 Å². The molecule has 0 radical (unpaired) electrons. The molecule has 0 bridgehead atoms. The zero-order valence-corrected chi connectivity index (χ0v) is 16.2. The average Bonchev–Trinajstić information content (AvgIpc) is 3.31. The summed E-state index contributed by atoms with van der Waals surface area (Å²) in [6, 6.07) is 4.00. The van der Waals surface area contributed by atoms with E-state index in [2.05, 4.69) is 18.9 Å². The van der Waals surface area contributed by atoms with E-state index in [-0.39, 0.29) is 18.0 Å². The zero-order valence-electron chi connectivity index (χ0n) is 16.2. The number of furan rings is 1. The van der Waals surface area contributed by atoms with Gasteiger partial charge in [0.05, 0.1) is 22.8 Å². The number of aromatic nitrogens is 3. The highest BCUT2D eigenvalue weighted by Crippen LogP contribution is 2.31. The third-order valence-electron chi connectivity index (χ3n) is 5.12. The Labute approximate surface area is 158 Å². The molecule has 2 N–H and O–H groups in total. The van der Waals surface area contributed by atoms with Crippen molar-refractivity contribution in [2.75, 3.05) is 13.1 Å². The highest BCUT2D eigenvalue weighted by atomic mass is 16.3. The molecule has 0 aliphatic carbocycles. The fraction of sp³-hybridized carbons (Fsp3) is 0.450. The highest BCUT2D eigenvalue weighted by Gasteiger charge is 2.28. The minimum absolute atomic E-state index is 0.0159. The number of carbonyl (C=O) groups is 1. The molecule has 1 aliphatic rings. The SMILES string of the molecule is Cc1cc(-c2cc(C(=O)N3CC[C@H](N)C3)c3cnn(C(C)C)c3n2)c(C)o1. The van der Waals surface area contributed by atoms with Gasteiger partial charge in [0.15, 0.2) is 5.65 Å². The second-order valence-electron chi connectivity index (χ2n) is 7.60. The quantitative estimate of drug-likeness (QED) is 0.768. The Bertz CT molecular complexity index is 1020. The van der Waals surface area contributed by atoms with Crippen molar-refractivity contribution >= 4 is 16.9 Å². The zero-order chi connectivity index (χ0) is 19.3. The van der Waals surface area contributed by atoms with E-state index in [1.165, 1.54) is 0 Å². The van der Waals surface area contributed by atoms with Gasteiger partial charge in [0.2, 0.25) is 0 Å². The molecule has 0 aromatic carbocycles. The van der Waals surface area contributed by atoms with Gasteiger partial charge >= 0.3 is 0 Å². The van der Waals surface area contributed by atoms with E-state index >= 15 is 0 Å². The molecule has 1 saturated heterocycles. The maximum Gasteiger partial charge on any atom is 0.254 e. The van der Waals surface area contributed by atoms with Crippen LogP contribution in [0.2, 0.25) is 0 Å². The summed E-state index contributed by atoms with van der Waals surface area (Å²) in [6.07, 6.45) is 2.57. The standard InChI is InChI=1S/C20H25N5O2/c1-11(2)25-19-17(9-22-25)16(20(26)24-6-5-14(21)10-24)8-18(23-19)15-7-12(3)27-13(15)4/h7-9,11,14H,5-6,10,21H2,1-4H3/t14-/m0/s1. The number of fused-ring (bicyclic) bond motifs is 1. The van der Waals surface area contributed by atoms with Gasteiger partial charge < -0.3 is 15.1 Å². The average molecular weight is 367 g/mol. The molecule has 142 valence electrons. The summed E-state index contributed by atoms with van der Waals surface area (Å²) in [7, 11) is 0. The summed E-state index contributed by atoms with van der Waals surface area (Å²) < 4.78 is 7.53. The molecule has 4 rings (SSSR count). The molecule has 1 amide bonds. The van der Waals surface area contributed by atoms with Gasteiger partial charge in [-0.3, -0.25) is 4.79 Å². The largest absolute Gasteiger partial charge is 0.466 e. The van der Waals surface area contributed by atoms with Crippen LogP contribution in [0.15, 0.2) is 22.7 Å². The first-order valence-electron chi connectivity index (χ1n) is 9.35. The van der Waals surface area contributed by atoms with Crippen LogP contribution in [-0.4, -0.2) is 44.7 Å². The molecule has 1 aliphatic heterocycles. The number of nitrogens with two attached hydrogens (primary N) is 1. The van der Waals surface area contributed by atoms with Crippen molar-refractivity contribution in [2.24, 2.45) is 5.73 Å². The molecule has 4 heterocycles. The van der Waals surface area contributed by atoms with Crippen molar-refractivity contribution in [1.82, 2.24) is 19.7 Å². The van der Waals surface area contributed by atoms with Gasteiger partial charge in [-0.25, -0.2) is 9.67 Å². The van der Waals surface area contributed by atoms with E-state index in [0.717, 1.165) is 34.6 Å². The number of carbonyl (C=O) groups excluding carboxylic acids is 1. The lowest BCUT2D eigenvalue weighted by atomic mass is 10.1. The molecule has 3 aromatic heterocycles. The van der Waals surface area contributed by atoms with Gasteiger partial charge in [-0.2, -0.15) is 5.10 Å². The maximum absolute atomic E-state index is 13.2. The Morgan fingerprint density at radius 3 is 2.70 bits per heavy atom. The molecule has 7 heteroatoms. The van der Waals surface area contributed by atoms with Crippen molar-refractivity contribution in [2.45, 2.75) is 46.2 Å². The maximum atomic E-state index is 13.2. The lowest BCUT2D eigenvalue weighted by molar-refractivity contribution is 0.0793. The molecule has 3 aromatic rings. The summed E-state index contributed by atoms with van der Waals surface area (Å²) in [5.41, 5.74) is 8.97. The first kappa shape index (κ1) is 17.7. The lowest BCUT2D eigenvalue weighted by Gasteiger charge is -2.17. The number of hydrogen-bond donors (Lipinski definition) is 1. The topological polar surface area (TPSA) is 90.2 Å². The van der Waals surface area contributed by atoms with Gasteiger partial charge in [-0.05, 0) is 46.2 Å². The molecular formula is C20H25N5O2. The van der Waals surface area contributed by atoms with Crippen LogP contribution in [-0.2, 0) is 0 Å². The third kappa shape index (κ3) is 3.02. The fourth-order valence-corrected chi connectivity index (χ4v) is 3.74. The van der Waals surface area contributed by atoms with Crippen LogP contribution in [0, 0.1) is 13.8 Å². The molecule has 1 fully saturated rings. The van der Waals surface area contributed by atoms with Crippen LogP contribution in [0.3, 0.4) is 0 Å². The Balaban J connectivity index is 1.91. The molecule has 0 saturated carbocycles. The lowest BCUT2D eigenvalue weighted by Crippen LogP contribution is -2.32. The predicted molar refractivity (Wildman–Crippen MR) is 104 cm³/mol. The van der Waals surface area contributed by atoms with Gasteiger partial charge in [-0.1, -0.05) is 0 Å². The Morgan fingerprint density at radius 2 is 2.11 bits per heavy atom. The summed E-state index contributed by atoms with van der Waals surface area (Å²) >= 11 is 0. The Kier molecular flexibility index (Phi) is 4.26. The van der Waals surface area contributed by atoms with E-state index in [1.54, 1.807) is 6.20 Å². The first-order chi connectivity index (χ1) is 12.8. The number of hydrogen-bond acceptors (Lipinski definition) is 5. The second-order valence-corrected chi connectivity index (χ2v) is 7.60. The number of rotatable bonds is 3. The van der Waals surface area contributed by atoms with E-state index < -0.39 is 0 Å². The van der Waals surface area contributed by atoms with E-state index in [0.29, 0.717) is 24.3 Å². The minimum atomic E-state index is -0.0159. The van der Waals surface area contributed by atoms with Crippen LogP contribution in [0.5, 0.6) is 0 Å². The predicted octanol–water partition coefficient (Wildman–Crippen LogP) is 3.06. The van der Waals surface area contributed by atoms with Crippen LogP contribution >= 0.6 is 0 Å². The molecule has 7 nitrogen and oxygen atoms in total. The summed E-state index contributed by atoms with van der Waals surface area (Å²) in [5, 5.41) is 5.25. The number of pyridine rings is 1. The third-order valence-corrected chi connectivity index (χ3v) is 5.12. The summed E-state index contributed by atoms with van der Waals surface area (Å²) in [4.78, 5) is 19.9. The summed E-state index contributed by atoms with van der Waals surface area (Å²) in [5.74, 6) is 1.59. The number of amides is 1. The van der Waals surface area contributed by atoms with Crippen molar-refractivity contribution in [1.29, 1.82) is 0 Å². The van der Waals surface area contributed by atoms with Crippen LogP contribution < -0.4 is 5.73 Å². The summed E-state index contributed by atoms with van der Waals surface area (Å²) in [6.45, 7) is 9.19. The van der Waals surface area contributed by atoms with E-state index in [9.17, 15) is 4.79 Å². The smallest absolute Gasteiger partial charge is 0.254 e. The molecule has 0 spiro atoms. The molecule has 27 heavy (non-hydrogen) atoms. The molecule has 1 atom stereocenters. The number of nitrogens with zero attached hydrogens (tertiary/aromatic N) is 4. The van der Waals surface area contributed by atoms with Gasteiger partial charge in [0, 0.05) is 30.7 Å². The Morgan fingerprint density at radius 1 is 1.33 bits per heavy atom. The number of aryl methyl sites for hydroxylation is 2. The Hall–Kier alpha value is -2.67. The minimum Gasteiger partial charge on any atom is -0.466 e. The molecular weight excluding hydrogens is 342 g/mol. The van der Waals surface area contributed by atoms with E-state index in [1.807, 2.05) is 35.6 Å². The van der Waals surface area contributed by atoms with Crippen LogP contribution in [0.4, 0.5) is 0 Å². The van der Waals surface area contributed by atoms with Gasteiger partial charge in [0.1, 0.15) is 11.5 Å². The van der Waals surface area contributed by atoms with Gasteiger partial charge in [-0.15, -0.1) is 0 Å². The highest BCUT2D eigenvalue weighted by molar-refractivity contribution is 6.06. The molecule has 0 unspecified atom stereocenters.